The summed E-state index contributed by atoms with van der Waals surface area (Å²) in [5, 5.41) is 9.00. The van der Waals surface area contributed by atoms with Gasteiger partial charge in [0.2, 0.25) is 10.0 Å². The van der Waals surface area contributed by atoms with Gasteiger partial charge in [0, 0.05) is 36.8 Å². The first kappa shape index (κ1) is 33.1. The van der Waals surface area contributed by atoms with E-state index in [9.17, 15) is 21.6 Å². The fraction of sp³-hybridized carbons (Fsp3) is 0.600. The van der Waals surface area contributed by atoms with Crippen LogP contribution in [0.15, 0.2) is 36.4 Å². The average molecular weight is 777 g/mol. The molecule has 0 bridgehead atoms. The van der Waals surface area contributed by atoms with Crippen molar-refractivity contribution < 1.29 is 26.7 Å². The van der Waals surface area contributed by atoms with Crippen molar-refractivity contribution >= 4 is 86.6 Å². The molecular weight excluding hydrogens is 744 g/mol. The Hall–Kier alpha value is -0.810. The zero-order valence-electron chi connectivity index (χ0n) is 22.4. The van der Waals surface area contributed by atoms with Crippen LogP contribution in [-0.2, 0) is 24.8 Å². The molecule has 0 amide bonds. The molecule has 4 heterocycles. The molecule has 0 spiro atoms. The zero-order chi connectivity index (χ0) is 29.9. The minimum Gasteiger partial charge on any atom is -0.480 e. The Balaban J connectivity index is 1.20. The van der Waals surface area contributed by atoms with Gasteiger partial charge in [0.1, 0.15) is 25.3 Å². The summed E-state index contributed by atoms with van der Waals surface area (Å²) in [6.07, 6.45) is 8.38. The van der Waals surface area contributed by atoms with Gasteiger partial charge < -0.3 is 10.0 Å². The van der Waals surface area contributed by atoms with Gasteiger partial charge in [0.05, 0.1) is 4.47 Å². The lowest BCUT2D eigenvalue weighted by Crippen LogP contribution is -2.38. The number of carbonyl (C=O) groups is 1. The Morgan fingerprint density at radius 3 is 2.17 bits per heavy atom. The van der Waals surface area contributed by atoms with Crippen molar-refractivity contribution in [3.05, 3.63) is 31.6 Å². The first-order valence-corrected chi connectivity index (χ1v) is 19.1. The summed E-state index contributed by atoms with van der Waals surface area (Å²) in [6.45, 7) is 3.97. The number of hydrogen-bond donors (Lipinski definition) is 2. The highest BCUT2D eigenvalue weighted by molar-refractivity contribution is 9.11. The molecule has 41 heavy (non-hydrogen) atoms. The number of aromatic nitrogens is 1. The van der Waals surface area contributed by atoms with Gasteiger partial charge in [-0.2, -0.15) is 9.03 Å². The molecule has 2 aliphatic heterocycles. The Morgan fingerprint density at radius 2 is 1.66 bits per heavy atom. The SMILES string of the molecule is CC(NS(=O)(=O)c1cnc(N2CCC(CCCC3CCN(S(=O)(=O)c4cc(Br)c(Cl)s4)CC3)CC2)c(Br)c1)C(=O)O. The number of thiophene rings is 1. The van der Waals surface area contributed by atoms with E-state index in [4.69, 9.17) is 16.7 Å². The predicted molar refractivity (Wildman–Crippen MR) is 167 cm³/mol. The van der Waals surface area contributed by atoms with Gasteiger partial charge >= 0.3 is 5.97 Å². The maximum Gasteiger partial charge on any atom is 0.321 e. The van der Waals surface area contributed by atoms with Crippen LogP contribution in [0.4, 0.5) is 5.82 Å². The van der Waals surface area contributed by atoms with Crippen LogP contribution in [0.25, 0.3) is 0 Å². The van der Waals surface area contributed by atoms with Gasteiger partial charge in [-0.25, -0.2) is 21.8 Å². The summed E-state index contributed by atoms with van der Waals surface area (Å²) in [7, 11) is -7.51. The summed E-state index contributed by atoms with van der Waals surface area (Å²) in [5.41, 5.74) is 0. The topological polar surface area (TPSA) is 137 Å². The third-order valence-electron chi connectivity index (χ3n) is 7.74. The Labute approximate surface area is 267 Å². The number of sulfonamides is 2. The largest absolute Gasteiger partial charge is 0.480 e. The second-order valence-electron chi connectivity index (χ2n) is 10.6. The highest BCUT2D eigenvalue weighted by Gasteiger charge is 2.31. The van der Waals surface area contributed by atoms with Gasteiger partial charge in [0.25, 0.3) is 10.0 Å². The molecule has 16 heteroatoms. The van der Waals surface area contributed by atoms with E-state index in [-0.39, 0.29) is 9.10 Å². The van der Waals surface area contributed by atoms with Crippen LogP contribution in [-0.4, -0.2) is 69.4 Å². The standard InChI is InChI=1S/C25H33Br2ClN4O6S3/c1-16(25(33)34)30-40(35,36)19-13-21(27)24(29-15-19)31-9-5-17(6-10-31)3-2-4-18-7-11-32(12-8-18)41(37,38)22-14-20(26)23(28)39-22/h13-18,30H,2-12H2,1H3,(H,33,34). The molecule has 2 fully saturated rings. The highest BCUT2D eigenvalue weighted by atomic mass is 79.9. The molecule has 0 radical (unpaired) electrons. The minimum atomic E-state index is -4.01. The number of anilines is 1. The second-order valence-corrected chi connectivity index (χ2v) is 17.8. The normalized spacial score (nSPS) is 19.0. The van der Waals surface area contributed by atoms with Gasteiger partial charge in [-0.05, 0) is 88.4 Å². The number of hydrogen-bond acceptors (Lipinski definition) is 8. The number of carboxylic acid groups (broad SMARTS) is 1. The van der Waals surface area contributed by atoms with Gasteiger partial charge in [0.15, 0.2) is 0 Å². The molecule has 10 nitrogen and oxygen atoms in total. The van der Waals surface area contributed by atoms with E-state index in [1.807, 2.05) is 0 Å². The second kappa shape index (κ2) is 13.9. The van der Waals surface area contributed by atoms with Crippen molar-refractivity contribution in [1.29, 1.82) is 0 Å². The van der Waals surface area contributed by atoms with Crippen molar-refractivity contribution in [2.24, 2.45) is 11.8 Å². The number of nitrogens with zero attached hydrogens (tertiary/aromatic N) is 3. The van der Waals surface area contributed by atoms with E-state index in [1.165, 1.54) is 19.2 Å². The summed E-state index contributed by atoms with van der Waals surface area (Å²) in [6, 6.07) is 1.79. The van der Waals surface area contributed by atoms with E-state index in [1.54, 1.807) is 10.4 Å². The summed E-state index contributed by atoms with van der Waals surface area (Å²) in [4.78, 5) is 17.4. The van der Waals surface area contributed by atoms with Crippen molar-refractivity contribution in [2.75, 3.05) is 31.1 Å². The van der Waals surface area contributed by atoms with E-state index in [0.717, 1.165) is 69.4 Å². The van der Waals surface area contributed by atoms with E-state index >= 15 is 0 Å². The van der Waals surface area contributed by atoms with Crippen LogP contribution in [0.5, 0.6) is 0 Å². The van der Waals surface area contributed by atoms with Gasteiger partial charge in [-0.3, -0.25) is 4.79 Å². The Kier molecular flexibility index (Phi) is 11.2. The molecule has 2 N–H and O–H groups in total. The Morgan fingerprint density at radius 1 is 1.07 bits per heavy atom. The van der Waals surface area contributed by atoms with Crippen LogP contribution in [0, 0.1) is 11.8 Å². The van der Waals surface area contributed by atoms with Gasteiger partial charge in [-0.15, -0.1) is 11.3 Å². The molecule has 4 rings (SSSR count). The molecular formula is C25H33Br2ClN4O6S3. The van der Waals surface area contributed by atoms with Crippen molar-refractivity contribution in [3.8, 4) is 0 Å². The van der Waals surface area contributed by atoms with Crippen molar-refractivity contribution in [2.45, 2.75) is 67.0 Å². The van der Waals surface area contributed by atoms with Crippen LogP contribution in [0.2, 0.25) is 4.34 Å². The average Bonchev–Trinajstić information content (AvgIpc) is 3.28. The third-order valence-corrected chi connectivity index (χ3v) is 14.7. The monoisotopic (exact) mass is 774 g/mol. The molecule has 0 saturated carbocycles. The first-order valence-electron chi connectivity index (χ1n) is 13.4. The molecule has 2 aromatic rings. The fourth-order valence-corrected chi connectivity index (χ4v) is 11.1. The number of halogens is 3. The van der Waals surface area contributed by atoms with E-state index in [2.05, 4.69) is 46.5 Å². The van der Waals surface area contributed by atoms with E-state index < -0.39 is 32.1 Å². The number of rotatable bonds is 11. The predicted octanol–water partition coefficient (Wildman–Crippen LogP) is 5.56. The summed E-state index contributed by atoms with van der Waals surface area (Å²) >= 11 is 13.9. The summed E-state index contributed by atoms with van der Waals surface area (Å²) < 4.78 is 56.5. The zero-order valence-corrected chi connectivity index (χ0v) is 28.8. The maximum absolute atomic E-state index is 12.9. The molecule has 2 aliphatic rings. The molecule has 0 aliphatic carbocycles. The number of nitrogens with one attached hydrogen (secondary N) is 1. The molecule has 0 aromatic carbocycles. The van der Waals surface area contributed by atoms with E-state index in [0.29, 0.717) is 44.0 Å². The smallest absolute Gasteiger partial charge is 0.321 e. The number of piperidine rings is 2. The third kappa shape index (κ3) is 8.22. The number of aliphatic carboxylic acids is 1. The van der Waals surface area contributed by atoms with Crippen LogP contribution < -0.4 is 9.62 Å². The summed E-state index contributed by atoms with van der Waals surface area (Å²) in [5.74, 6) is 0.551. The number of carboxylic acids is 1. The van der Waals surface area contributed by atoms with Crippen LogP contribution in [0.3, 0.4) is 0 Å². The number of pyridine rings is 1. The fourth-order valence-electron chi connectivity index (χ4n) is 5.29. The molecule has 228 valence electrons. The minimum absolute atomic E-state index is 0.0939. The van der Waals surface area contributed by atoms with Crippen molar-refractivity contribution in [3.63, 3.8) is 0 Å². The lowest BCUT2D eigenvalue weighted by Gasteiger charge is -2.34. The quantitative estimate of drug-likeness (QED) is 0.303. The molecule has 1 atom stereocenters. The molecule has 2 aromatic heterocycles. The lowest BCUT2D eigenvalue weighted by atomic mass is 9.87. The van der Waals surface area contributed by atoms with Crippen LogP contribution >= 0.6 is 54.8 Å². The Bertz CT molecular complexity index is 1440. The van der Waals surface area contributed by atoms with Crippen LogP contribution in [0.1, 0.15) is 51.9 Å². The maximum atomic E-state index is 12.9. The van der Waals surface area contributed by atoms with Crippen molar-refractivity contribution in [1.82, 2.24) is 14.0 Å². The van der Waals surface area contributed by atoms with Gasteiger partial charge in [-0.1, -0.05) is 30.9 Å². The first-order chi connectivity index (χ1) is 19.3. The molecule has 2 saturated heterocycles. The highest BCUT2D eigenvalue weighted by Crippen LogP contribution is 2.37. The molecule has 1 unspecified atom stereocenters. The lowest BCUT2D eigenvalue weighted by molar-refractivity contribution is -0.138.